The van der Waals surface area contributed by atoms with E-state index in [-0.39, 0.29) is 5.59 Å². The summed E-state index contributed by atoms with van der Waals surface area (Å²) in [5, 5.41) is 28.3. The summed E-state index contributed by atoms with van der Waals surface area (Å²) in [7, 11) is -0.335. The molecule has 0 aliphatic carbocycles. The van der Waals surface area contributed by atoms with Crippen LogP contribution in [0.5, 0.6) is 5.75 Å². The van der Waals surface area contributed by atoms with E-state index in [1.807, 2.05) is 0 Å². The molecule has 0 aliphatic rings. The first-order chi connectivity index (χ1) is 5.65. The Morgan fingerprint density at radius 2 is 2.17 bits per heavy atom. The molecule has 0 bridgehead atoms. The average molecular weight is 169 g/mol. The molecule has 2 N–H and O–H groups in total. The molecular weight excluding hydrogens is 161 g/mol. The zero-order valence-electron chi connectivity index (χ0n) is 6.47. The standard InChI is InChI=1S/C6H8BNO4/c1-12-5-2-3-6(7(9)10)8(11)4-5/h2-4,9-10H,1H3. The zero-order chi connectivity index (χ0) is 9.14. The van der Waals surface area contributed by atoms with E-state index in [2.05, 4.69) is 0 Å². The topological polar surface area (TPSA) is 76.6 Å². The fourth-order valence-electron chi connectivity index (χ4n) is 0.795. The van der Waals surface area contributed by atoms with Gasteiger partial charge in [0.05, 0.1) is 7.11 Å². The van der Waals surface area contributed by atoms with Crippen LogP contribution in [0.4, 0.5) is 0 Å². The Balaban J connectivity index is 3.03. The van der Waals surface area contributed by atoms with Gasteiger partial charge in [-0.05, 0) is 6.07 Å². The predicted molar refractivity (Wildman–Crippen MR) is 41.8 cm³/mol. The molecule has 0 spiro atoms. The number of hydrogen-bond acceptors (Lipinski definition) is 4. The number of nitrogens with zero attached hydrogens (tertiary/aromatic N) is 1. The van der Waals surface area contributed by atoms with Gasteiger partial charge in [-0.1, -0.05) is 0 Å². The van der Waals surface area contributed by atoms with E-state index in [1.54, 1.807) is 0 Å². The lowest BCUT2D eigenvalue weighted by molar-refractivity contribution is -0.588. The molecule has 1 aromatic heterocycles. The lowest BCUT2D eigenvalue weighted by atomic mass is 9.86. The molecule has 0 saturated heterocycles. The van der Waals surface area contributed by atoms with Crippen LogP contribution in [-0.4, -0.2) is 24.3 Å². The molecule has 0 radical (unpaired) electrons. The minimum atomic E-state index is -1.76. The molecule has 1 rings (SSSR count). The van der Waals surface area contributed by atoms with E-state index in [4.69, 9.17) is 14.8 Å². The van der Waals surface area contributed by atoms with Crippen LogP contribution in [0.15, 0.2) is 18.3 Å². The van der Waals surface area contributed by atoms with Gasteiger partial charge >= 0.3 is 7.12 Å². The van der Waals surface area contributed by atoms with Crippen LogP contribution in [0.25, 0.3) is 0 Å². The van der Waals surface area contributed by atoms with Gasteiger partial charge in [0, 0.05) is 6.07 Å². The summed E-state index contributed by atoms with van der Waals surface area (Å²) in [5.41, 5.74) is -0.129. The van der Waals surface area contributed by atoms with Gasteiger partial charge in [0.25, 0.3) is 0 Å². The quantitative estimate of drug-likeness (QED) is 0.305. The summed E-state index contributed by atoms with van der Waals surface area (Å²) >= 11 is 0. The van der Waals surface area contributed by atoms with Crippen LogP contribution in [0.3, 0.4) is 0 Å². The number of methoxy groups -OCH3 is 1. The third-order valence-corrected chi connectivity index (χ3v) is 1.42. The van der Waals surface area contributed by atoms with Crippen LogP contribution < -0.4 is 15.1 Å². The highest BCUT2D eigenvalue weighted by Crippen LogP contribution is 2.01. The Kier molecular flexibility index (Phi) is 2.52. The fraction of sp³-hybridized carbons (Fsp3) is 0.167. The van der Waals surface area contributed by atoms with E-state index in [0.717, 1.165) is 6.20 Å². The summed E-state index contributed by atoms with van der Waals surface area (Å²) < 4.78 is 5.10. The smallest absolute Gasteiger partial charge is 0.562 e. The van der Waals surface area contributed by atoms with Crippen molar-refractivity contribution in [1.82, 2.24) is 0 Å². The van der Waals surface area contributed by atoms with Crippen LogP contribution in [0.1, 0.15) is 0 Å². The first-order valence-electron chi connectivity index (χ1n) is 3.28. The number of ether oxygens (including phenoxy) is 1. The Bertz CT molecular complexity index is 278. The largest absolute Gasteiger partial charge is 0.619 e. The van der Waals surface area contributed by atoms with Crippen molar-refractivity contribution in [3.63, 3.8) is 0 Å². The molecule has 0 saturated carbocycles. The van der Waals surface area contributed by atoms with Gasteiger partial charge in [0.2, 0.25) is 11.8 Å². The fourth-order valence-corrected chi connectivity index (χ4v) is 0.795. The molecule has 1 aromatic rings. The minimum absolute atomic E-state index is 0.129. The number of aromatic nitrogens is 1. The maximum atomic E-state index is 11.0. The van der Waals surface area contributed by atoms with Crippen molar-refractivity contribution >= 4 is 12.7 Å². The Morgan fingerprint density at radius 1 is 1.50 bits per heavy atom. The zero-order valence-corrected chi connectivity index (χ0v) is 6.47. The lowest BCUT2D eigenvalue weighted by Gasteiger charge is -2.04. The monoisotopic (exact) mass is 169 g/mol. The molecule has 0 fully saturated rings. The van der Waals surface area contributed by atoms with E-state index in [1.165, 1.54) is 19.2 Å². The molecule has 12 heavy (non-hydrogen) atoms. The van der Waals surface area contributed by atoms with Crippen LogP contribution in [0.2, 0.25) is 0 Å². The average Bonchev–Trinajstić information content (AvgIpc) is 2.03. The molecule has 0 amide bonds. The first-order valence-corrected chi connectivity index (χ1v) is 3.28. The molecule has 0 aliphatic heterocycles. The van der Waals surface area contributed by atoms with Gasteiger partial charge < -0.3 is 20.0 Å². The van der Waals surface area contributed by atoms with Crippen LogP contribution >= 0.6 is 0 Å². The van der Waals surface area contributed by atoms with Crippen molar-refractivity contribution in [3.8, 4) is 5.75 Å². The first kappa shape index (κ1) is 8.83. The van der Waals surface area contributed by atoms with E-state index in [0.29, 0.717) is 10.5 Å². The number of pyridine rings is 1. The molecule has 1 heterocycles. The van der Waals surface area contributed by atoms with Crippen molar-refractivity contribution in [3.05, 3.63) is 23.5 Å². The van der Waals surface area contributed by atoms with E-state index >= 15 is 0 Å². The summed E-state index contributed by atoms with van der Waals surface area (Å²) in [6.07, 6.45) is 1.12. The highest BCUT2D eigenvalue weighted by Gasteiger charge is 2.21. The summed E-state index contributed by atoms with van der Waals surface area (Å²) in [5.74, 6) is 0.370. The number of hydrogen-bond donors (Lipinski definition) is 2. The van der Waals surface area contributed by atoms with Crippen molar-refractivity contribution in [2.24, 2.45) is 0 Å². The van der Waals surface area contributed by atoms with Crippen molar-refractivity contribution in [2.75, 3.05) is 7.11 Å². The van der Waals surface area contributed by atoms with Crippen molar-refractivity contribution in [1.29, 1.82) is 0 Å². The molecule has 0 unspecified atom stereocenters. The van der Waals surface area contributed by atoms with Crippen molar-refractivity contribution in [2.45, 2.75) is 0 Å². The van der Waals surface area contributed by atoms with E-state index < -0.39 is 7.12 Å². The van der Waals surface area contributed by atoms with Gasteiger partial charge in [-0.2, -0.15) is 4.73 Å². The summed E-state index contributed by atoms with van der Waals surface area (Å²) in [6.45, 7) is 0. The molecule has 0 atom stereocenters. The second-order valence-electron chi connectivity index (χ2n) is 2.19. The van der Waals surface area contributed by atoms with Gasteiger partial charge in [0.15, 0.2) is 5.75 Å². The Hall–Kier alpha value is -1.27. The highest BCUT2D eigenvalue weighted by atomic mass is 16.5. The summed E-state index contributed by atoms with van der Waals surface area (Å²) in [4.78, 5) is 0. The third kappa shape index (κ3) is 1.66. The molecule has 0 aromatic carbocycles. The number of rotatable bonds is 2. The second kappa shape index (κ2) is 3.42. The van der Waals surface area contributed by atoms with Gasteiger partial charge in [-0.15, -0.1) is 0 Å². The SMILES string of the molecule is COc1ccc(B(O)O)[n+]([O-])c1. The minimum Gasteiger partial charge on any atom is -0.619 e. The Morgan fingerprint density at radius 3 is 2.58 bits per heavy atom. The van der Waals surface area contributed by atoms with Gasteiger partial charge in [-0.3, -0.25) is 0 Å². The van der Waals surface area contributed by atoms with Gasteiger partial charge in [0.1, 0.15) is 0 Å². The molecular formula is C6H8BNO4. The van der Waals surface area contributed by atoms with Crippen LogP contribution in [-0.2, 0) is 0 Å². The second-order valence-corrected chi connectivity index (χ2v) is 2.19. The Labute approximate surface area is 69.6 Å². The maximum absolute atomic E-state index is 11.0. The lowest BCUT2D eigenvalue weighted by Crippen LogP contribution is -2.53. The molecule has 6 heteroatoms. The normalized spacial score (nSPS) is 9.58. The molecule has 64 valence electrons. The molecule has 5 nitrogen and oxygen atoms in total. The van der Waals surface area contributed by atoms with Crippen LogP contribution in [0, 0.1) is 5.21 Å². The predicted octanol–water partition coefficient (Wildman–Crippen LogP) is -1.99. The van der Waals surface area contributed by atoms with E-state index in [9.17, 15) is 5.21 Å². The summed E-state index contributed by atoms with van der Waals surface area (Å²) in [6, 6.07) is 2.76. The van der Waals surface area contributed by atoms with Gasteiger partial charge in [-0.25, -0.2) is 0 Å². The maximum Gasteiger partial charge on any atom is 0.562 e. The van der Waals surface area contributed by atoms with Crippen molar-refractivity contribution < 1.29 is 19.5 Å². The highest BCUT2D eigenvalue weighted by molar-refractivity contribution is 6.56. The third-order valence-electron chi connectivity index (χ3n) is 1.42.